The molecule has 10 heavy (non-hydrogen) atoms. The van der Waals surface area contributed by atoms with Gasteiger partial charge in [0.15, 0.2) is 0 Å². The third-order valence-electron chi connectivity index (χ3n) is 0.868. The molecular weight excluding hydrogens is 133 g/mol. The predicted molar refractivity (Wildman–Crippen MR) is 38.4 cm³/mol. The zero-order chi connectivity index (χ0) is 8.20. The number of hydrogen-bond donors (Lipinski definition) is 1. The average Bonchev–Trinajstić information content (AvgIpc) is 1.81. The zero-order valence-electron chi connectivity index (χ0n) is 6.28. The minimum absolute atomic E-state index is 0.0256. The molecule has 3 heteroatoms. The first kappa shape index (κ1) is 9.14. The molecule has 58 valence electrons. The van der Waals surface area contributed by atoms with Crippen LogP contribution in [0.5, 0.6) is 0 Å². The lowest BCUT2D eigenvalue weighted by atomic mass is 10.2. The van der Waals surface area contributed by atoms with Crippen molar-refractivity contribution in [2.24, 2.45) is 0 Å². The van der Waals surface area contributed by atoms with E-state index >= 15 is 0 Å². The highest BCUT2D eigenvalue weighted by Crippen LogP contribution is 2.04. The predicted octanol–water partition coefficient (Wildman–Crippen LogP) is 1.04. The monoisotopic (exact) mass is 145 g/mol. The van der Waals surface area contributed by atoms with Gasteiger partial charge in [-0.05, 0) is 19.9 Å². The molecule has 0 aromatic rings. The van der Waals surface area contributed by atoms with E-state index in [4.69, 9.17) is 0 Å². The van der Waals surface area contributed by atoms with Gasteiger partial charge in [-0.15, -0.1) is 0 Å². The van der Waals surface area contributed by atoms with Crippen LogP contribution in [0, 0.1) is 0 Å². The van der Waals surface area contributed by atoms with Crippen LogP contribution in [0.2, 0.25) is 0 Å². The smallest absolute Gasteiger partial charge is 0.243 e. The molecule has 0 saturated heterocycles. The van der Waals surface area contributed by atoms with Gasteiger partial charge in [0.2, 0.25) is 5.91 Å². The molecule has 0 heterocycles. The highest BCUT2D eigenvalue weighted by Gasteiger charge is 2.14. The van der Waals surface area contributed by atoms with E-state index in [0.29, 0.717) is 0 Å². The molecule has 0 saturated carbocycles. The number of hydrogen-bond acceptors (Lipinski definition) is 1. The third-order valence-corrected chi connectivity index (χ3v) is 0.868. The summed E-state index contributed by atoms with van der Waals surface area (Å²) in [4.78, 5) is 10.5. The van der Waals surface area contributed by atoms with Crippen molar-refractivity contribution in [1.29, 1.82) is 0 Å². The summed E-state index contributed by atoms with van der Waals surface area (Å²) in [6.07, 6.45) is 1.12. The largest absolute Gasteiger partial charge is 0.349 e. The van der Waals surface area contributed by atoms with Crippen LogP contribution in [-0.4, -0.2) is 18.1 Å². The first-order valence-corrected chi connectivity index (χ1v) is 3.05. The fourth-order valence-corrected chi connectivity index (χ4v) is 0.369. The molecule has 1 amide bonds. The van der Waals surface area contributed by atoms with Gasteiger partial charge >= 0.3 is 0 Å². The molecule has 0 atom stereocenters. The van der Waals surface area contributed by atoms with Gasteiger partial charge in [-0.3, -0.25) is 4.79 Å². The fraction of sp³-hybridized carbons (Fsp3) is 0.571. The van der Waals surface area contributed by atoms with Gasteiger partial charge in [0.1, 0.15) is 5.67 Å². The van der Waals surface area contributed by atoms with E-state index in [1.54, 1.807) is 0 Å². The third kappa shape index (κ3) is 5.28. The fourth-order valence-electron chi connectivity index (χ4n) is 0.369. The van der Waals surface area contributed by atoms with E-state index in [0.717, 1.165) is 6.08 Å². The maximum absolute atomic E-state index is 12.6. The SMILES string of the molecule is C=CC(=O)NCC(C)(C)F. The Hall–Kier alpha value is -0.860. The highest BCUT2D eigenvalue weighted by molar-refractivity contribution is 5.86. The minimum atomic E-state index is -1.35. The van der Waals surface area contributed by atoms with E-state index in [2.05, 4.69) is 11.9 Å². The van der Waals surface area contributed by atoms with Crippen LogP contribution in [0.15, 0.2) is 12.7 Å². The lowest BCUT2D eigenvalue weighted by Gasteiger charge is -2.13. The number of carbonyl (C=O) groups excluding carboxylic acids is 1. The molecule has 0 unspecified atom stereocenters. The van der Waals surface area contributed by atoms with Gasteiger partial charge in [0.25, 0.3) is 0 Å². The molecule has 0 bridgehead atoms. The van der Waals surface area contributed by atoms with Crippen molar-refractivity contribution in [2.75, 3.05) is 6.54 Å². The van der Waals surface area contributed by atoms with Gasteiger partial charge in [-0.2, -0.15) is 0 Å². The second-order valence-corrected chi connectivity index (χ2v) is 2.64. The molecule has 1 N–H and O–H groups in total. The summed E-state index contributed by atoms with van der Waals surface area (Å²) in [6, 6.07) is 0. The van der Waals surface area contributed by atoms with Crippen LogP contribution >= 0.6 is 0 Å². The quantitative estimate of drug-likeness (QED) is 0.590. The molecule has 0 fully saturated rings. The molecular formula is C7H12FNO. The molecule has 0 aromatic heterocycles. The van der Waals surface area contributed by atoms with Crippen LogP contribution in [0.4, 0.5) is 4.39 Å². The van der Waals surface area contributed by atoms with Crippen LogP contribution in [0.1, 0.15) is 13.8 Å². The Morgan fingerprint density at radius 1 is 1.80 bits per heavy atom. The van der Waals surface area contributed by atoms with Crippen molar-refractivity contribution in [3.8, 4) is 0 Å². The minimum Gasteiger partial charge on any atom is -0.349 e. The van der Waals surface area contributed by atoms with Crippen LogP contribution in [-0.2, 0) is 4.79 Å². The Balaban J connectivity index is 3.55. The van der Waals surface area contributed by atoms with E-state index < -0.39 is 5.67 Å². The summed E-state index contributed by atoms with van der Waals surface area (Å²) in [5.74, 6) is -0.342. The number of rotatable bonds is 3. The highest BCUT2D eigenvalue weighted by atomic mass is 19.1. The molecule has 0 spiro atoms. The second-order valence-electron chi connectivity index (χ2n) is 2.64. The van der Waals surface area contributed by atoms with E-state index in [1.165, 1.54) is 13.8 Å². The van der Waals surface area contributed by atoms with Gasteiger partial charge in [0, 0.05) is 0 Å². The number of amides is 1. The van der Waals surface area contributed by atoms with Crippen molar-refractivity contribution >= 4 is 5.91 Å². The Morgan fingerprint density at radius 2 is 2.30 bits per heavy atom. The van der Waals surface area contributed by atoms with E-state index in [9.17, 15) is 9.18 Å². The summed E-state index contributed by atoms with van der Waals surface area (Å²) in [5, 5.41) is 2.34. The van der Waals surface area contributed by atoms with Crippen LogP contribution < -0.4 is 5.32 Å². The molecule has 0 rings (SSSR count). The van der Waals surface area contributed by atoms with E-state index in [1.807, 2.05) is 0 Å². The summed E-state index contributed by atoms with van der Waals surface area (Å²) < 4.78 is 12.6. The topological polar surface area (TPSA) is 29.1 Å². The molecule has 0 aliphatic carbocycles. The Labute approximate surface area is 60.1 Å². The molecule has 0 aliphatic rings. The van der Waals surface area contributed by atoms with Crippen molar-refractivity contribution in [2.45, 2.75) is 19.5 Å². The molecule has 2 nitrogen and oxygen atoms in total. The maximum Gasteiger partial charge on any atom is 0.243 e. The lowest BCUT2D eigenvalue weighted by Crippen LogP contribution is -2.34. The first-order valence-electron chi connectivity index (χ1n) is 3.05. The second kappa shape index (κ2) is 3.34. The standard InChI is InChI=1S/C7H12FNO/c1-4-6(10)9-5-7(2,3)8/h4H,1,5H2,2-3H3,(H,9,10). The number of alkyl halides is 1. The molecule has 0 radical (unpaired) electrons. The van der Waals surface area contributed by atoms with Gasteiger partial charge in [-0.25, -0.2) is 4.39 Å². The number of nitrogens with one attached hydrogen (secondary N) is 1. The summed E-state index contributed by atoms with van der Waals surface area (Å²) >= 11 is 0. The van der Waals surface area contributed by atoms with Crippen LogP contribution in [0.25, 0.3) is 0 Å². The van der Waals surface area contributed by atoms with Crippen molar-refractivity contribution < 1.29 is 9.18 Å². The molecule has 0 aliphatic heterocycles. The Morgan fingerprint density at radius 3 is 2.60 bits per heavy atom. The van der Waals surface area contributed by atoms with Gasteiger partial charge in [0.05, 0.1) is 6.54 Å². The Bertz CT molecular complexity index is 137. The lowest BCUT2D eigenvalue weighted by molar-refractivity contribution is -0.117. The summed E-state index contributed by atoms with van der Waals surface area (Å²) in [6.45, 7) is 6.05. The number of halogens is 1. The first-order chi connectivity index (χ1) is 4.45. The van der Waals surface area contributed by atoms with Crippen molar-refractivity contribution in [3.05, 3.63) is 12.7 Å². The number of carbonyl (C=O) groups is 1. The van der Waals surface area contributed by atoms with E-state index in [-0.39, 0.29) is 12.5 Å². The maximum atomic E-state index is 12.6. The summed E-state index contributed by atoms with van der Waals surface area (Å²) in [7, 11) is 0. The Kier molecular flexibility index (Phi) is 3.06. The normalized spacial score (nSPS) is 10.7. The molecule has 0 aromatic carbocycles. The van der Waals surface area contributed by atoms with Crippen molar-refractivity contribution in [1.82, 2.24) is 5.32 Å². The van der Waals surface area contributed by atoms with Gasteiger partial charge < -0.3 is 5.32 Å². The van der Waals surface area contributed by atoms with Gasteiger partial charge in [-0.1, -0.05) is 6.58 Å². The average molecular weight is 145 g/mol. The van der Waals surface area contributed by atoms with Crippen LogP contribution in [0.3, 0.4) is 0 Å². The summed E-state index contributed by atoms with van der Waals surface area (Å²) in [5.41, 5.74) is -1.35. The zero-order valence-corrected chi connectivity index (χ0v) is 6.28. The van der Waals surface area contributed by atoms with Crippen molar-refractivity contribution in [3.63, 3.8) is 0 Å².